The fourth-order valence-corrected chi connectivity index (χ4v) is 2.80. The third-order valence-corrected chi connectivity index (χ3v) is 4.26. The Balaban J connectivity index is 1.74. The largest absolute Gasteiger partial charge is 0.493 e. The highest BCUT2D eigenvalue weighted by Crippen LogP contribution is 2.21. The summed E-state index contributed by atoms with van der Waals surface area (Å²) >= 11 is 9.33. The van der Waals surface area contributed by atoms with Gasteiger partial charge in [-0.05, 0) is 61.7 Å². The maximum absolute atomic E-state index is 11.9. The molecule has 0 radical (unpaired) electrons. The Bertz CT molecular complexity index is 778. The lowest BCUT2D eigenvalue weighted by molar-refractivity contribution is -0.121. The van der Waals surface area contributed by atoms with Gasteiger partial charge in [0.05, 0.1) is 12.3 Å². The number of aryl methyl sites for hydroxylation is 1. The minimum Gasteiger partial charge on any atom is -0.493 e. The van der Waals surface area contributed by atoms with Gasteiger partial charge >= 0.3 is 0 Å². The number of rotatable bonds is 7. The van der Waals surface area contributed by atoms with Crippen LogP contribution in [0.5, 0.6) is 5.75 Å². The third kappa shape index (κ3) is 6.52. The highest BCUT2D eigenvalue weighted by Gasteiger charge is 2.04. The second-order valence-corrected chi connectivity index (χ2v) is 6.96. The molecule has 132 valence electrons. The number of benzene rings is 2. The van der Waals surface area contributed by atoms with Gasteiger partial charge in [0.1, 0.15) is 5.75 Å². The van der Waals surface area contributed by atoms with E-state index in [1.54, 1.807) is 6.07 Å². The molecule has 6 heteroatoms. The van der Waals surface area contributed by atoms with Crippen LogP contribution in [0.1, 0.15) is 30.9 Å². The fraction of sp³-hybridized carbons (Fsp3) is 0.263. The lowest BCUT2D eigenvalue weighted by atomic mass is 10.1. The first-order valence-corrected chi connectivity index (χ1v) is 9.11. The number of hydrogen-bond acceptors (Lipinski definition) is 3. The van der Waals surface area contributed by atoms with Gasteiger partial charge in [-0.25, -0.2) is 5.43 Å². The van der Waals surface area contributed by atoms with E-state index >= 15 is 0 Å². The minimum atomic E-state index is -0.134. The number of nitrogens with zero attached hydrogens (tertiary/aromatic N) is 1. The van der Waals surface area contributed by atoms with Gasteiger partial charge in [0, 0.05) is 15.9 Å². The average molecular weight is 424 g/mol. The van der Waals surface area contributed by atoms with Crippen molar-refractivity contribution >= 4 is 39.1 Å². The average Bonchev–Trinajstić information content (AvgIpc) is 2.58. The molecule has 0 aliphatic heterocycles. The summed E-state index contributed by atoms with van der Waals surface area (Å²) in [5.41, 5.74) is 5.26. The molecule has 0 saturated carbocycles. The Morgan fingerprint density at radius 2 is 2.08 bits per heavy atom. The molecular weight excluding hydrogens is 404 g/mol. The van der Waals surface area contributed by atoms with Crippen LogP contribution >= 0.6 is 27.5 Å². The number of hydrazone groups is 1. The SMILES string of the molecule is CC(=NNC(=O)CCCOc1ccc(Cl)cc1C)c1cccc(Br)c1. The zero-order valence-corrected chi connectivity index (χ0v) is 16.5. The van der Waals surface area contributed by atoms with E-state index in [1.165, 1.54) is 0 Å². The molecule has 0 heterocycles. The number of halogens is 2. The second kappa shape index (κ2) is 9.59. The summed E-state index contributed by atoms with van der Waals surface area (Å²) in [6.07, 6.45) is 0.960. The first-order valence-electron chi connectivity index (χ1n) is 7.94. The molecule has 1 N–H and O–H groups in total. The molecule has 0 unspecified atom stereocenters. The van der Waals surface area contributed by atoms with Gasteiger partial charge in [-0.2, -0.15) is 5.10 Å². The molecule has 0 fully saturated rings. The van der Waals surface area contributed by atoms with Crippen LogP contribution in [0.2, 0.25) is 5.02 Å². The van der Waals surface area contributed by atoms with Crippen molar-refractivity contribution in [3.8, 4) is 5.75 Å². The minimum absolute atomic E-state index is 0.134. The van der Waals surface area contributed by atoms with Gasteiger partial charge in [-0.15, -0.1) is 0 Å². The quantitative estimate of drug-likeness (QED) is 0.382. The molecule has 1 amide bonds. The first kappa shape index (κ1) is 19.5. The smallest absolute Gasteiger partial charge is 0.240 e. The number of ether oxygens (including phenoxy) is 1. The lowest BCUT2D eigenvalue weighted by Gasteiger charge is -2.09. The molecule has 2 aromatic rings. The van der Waals surface area contributed by atoms with E-state index in [4.69, 9.17) is 16.3 Å². The molecular formula is C19H20BrClN2O2. The van der Waals surface area contributed by atoms with E-state index in [-0.39, 0.29) is 5.91 Å². The van der Waals surface area contributed by atoms with Crippen LogP contribution in [0, 0.1) is 6.92 Å². The predicted octanol–water partition coefficient (Wildman–Crippen LogP) is 5.11. The third-order valence-electron chi connectivity index (χ3n) is 3.53. The van der Waals surface area contributed by atoms with Crippen molar-refractivity contribution in [2.75, 3.05) is 6.61 Å². The predicted molar refractivity (Wildman–Crippen MR) is 105 cm³/mol. The van der Waals surface area contributed by atoms with Crippen molar-refractivity contribution in [1.82, 2.24) is 5.43 Å². The molecule has 0 aromatic heterocycles. The second-order valence-electron chi connectivity index (χ2n) is 5.60. The Morgan fingerprint density at radius 3 is 2.80 bits per heavy atom. The van der Waals surface area contributed by atoms with E-state index in [0.29, 0.717) is 24.5 Å². The van der Waals surface area contributed by atoms with Crippen molar-refractivity contribution in [2.24, 2.45) is 5.10 Å². The van der Waals surface area contributed by atoms with E-state index < -0.39 is 0 Å². The van der Waals surface area contributed by atoms with Crippen LogP contribution < -0.4 is 10.2 Å². The zero-order valence-electron chi connectivity index (χ0n) is 14.2. The van der Waals surface area contributed by atoms with Crippen molar-refractivity contribution in [3.05, 3.63) is 63.1 Å². The van der Waals surface area contributed by atoms with Gasteiger partial charge < -0.3 is 4.74 Å². The molecule has 2 aromatic carbocycles. The highest BCUT2D eigenvalue weighted by molar-refractivity contribution is 9.10. The van der Waals surface area contributed by atoms with Crippen molar-refractivity contribution < 1.29 is 9.53 Å². The van der Waals surface area contributed by atoms with Crippen LogP contribution in [0.4, 0.5) is 0 Å². The van der Waals surface area contributed by atoms with Crippen LogP contribution in [0.3, 0.4) is 0 Å². The van der Waals surface area contributed by atoms with E-state index in [1.807, 2.05) is 50.2 Å². The van der Waals surface area contributed by atoms with Gasteiger partial charge in [0.25, 0.3) is 0 Å². The molecule has 0 bridgehead atoms. The van der Waals surface area contributed by atoms with Crippen molar-refractivity contribution in [3.63, 3.8) is 0 Å². The highest BCUT2D eigenvalue weighted by atomic mass is 79.9. The normalized spacial score (nSPS) is 11.3. The number of hydrogen-bond donors (Lipinski definition) is 1. The summed E-state index contributed by atoms with van der Waals surface area (Å²) in [6.45, 7) is 4.26. The van der Waals surface area contributed by atoms with Crippen LogP contribution in [-0.2, 0) is 4.79 Å². The fourth-order valence-electron chi connectivity index (χ4n) is 2.17. The van der Waals surface area contributed by atoms with Gasteiger partial charge in [0.15, 0.2) is 0 Å². The maximum atomic E-state index is 11.9. The Labute approximate surface area is 161 Å². The van der Waals surface area contributed by atoms with E-state index in [9.17, 15) is 4.79 Å². The summed E-state index contributed by atoms with van der Waals surface area (Å²) in [6, 6.07) is 13.2. The number of carbonyl (C=O) groups excluding carboxylic acids is 1. The molecule has 0 aliphatic carbocycles. The summed E-state index contributed by atoms with van der Waals surface area (Å²) in [4.78, 5) is 11.9. The van der Waals surface area contributed by atoms with Crippen LogP contribution in [0.15, 0.2) is 52.0 Å². The molecule has 2 rings (SSSR count). The summed E-state index contributed by atoms with van der Waals surface area (Å²) in [5, 5.41) is 4.82. The monoisotopic (exact) mass is 422 g/mol. The molecule has 0 spiro atoms. The van der Waals surface area contributed by atoms with Gasteiger partial charge in [-0.3, -0.25) is 4.79 Å². The van der Waals surface area contributed by atoms with E-state index in [2.05, 4.69) is 26.5 Å². The molecule has 0 atom stereocenters. The number of nitrogens with one attached hydrogen (secondary N) is 1. The molecule has 25 heavy (non-hydrogen) atoms. The lowest BCUT2D eigenvalue weighted by Crippen LogP contribution is -2.19. The topological polar surface area (TPSA) is 50.7 Å². The summed E-state index contributed by atoms with van der Waals surface area (Å²) in [5.74, 6) is 0.652. The standard InChI is InChI=1S/C19H20BrClN2O2/c1-13-11-17(21)8-9-18(13)25-10-4-7-19(24)23-22-14(2)15-5-3-6-16(20)12-15/h3,5-6,8-9,11-12H,4,7,10H2,1-2H3,(H,23,24). The van der Waals surface area contributed by atoms with E-state index in [0.717, 1.165) is 27.1 Å². The van der Waals surface area contributed by atoms with Crippen LogP contribution in [0.25, 0.3) is 0 Å². The Morgan fingerprint density at radius 1 is 1.28 bits per heavy atom. The molecule has 0 saturated heterocycles. The maximum Gasteiger partial charge on any atom is 0.240 e. The molecule has 0 aliphatic rings. The van der Waals surface area contributed by atoms with Crippen molar-refractivity contribution in [2.45, 2.75) is 26.7 Å². The van der Waals surface area contributed by atoms with Gasteiger partial charge in [-0.1, -0.05) is 39.7 Å². The van der Waals surface area contributed by atoms with Crippen molar-refractivity contribution in [1.29, 1.82) is 0 Å². The summed E-state index contributed by atoms with van der Waals surface area (Å²) in [7, 11) is 0. The number of carbonyl (C=O) groups is 1. The summed E-state index contributed by atoms with van der Waals surface area (Å²) < 4.78 is 6.64. The first-order chi connectivity index (χ1) is 12.0. The Kier molecular flexibility index (Phi) is 7.47. The Hall–Kier alpha value is -1.85. The molecule has 4 nitrogen and oxygen atoms in total. The van der Waals surface area contributed by atoms with Crippen LogP contribution in [-0.4, -0.2) is 18.2 Å². The van der Waals surface area contributed by atoms with Gasteiger partial charge in [0.2, 0.25) is 5.91 Å². The number of amides is 1. The zero-order chi connectivity index (χ0) is 18.2.